The summed E-state index contributed by atoms with van der Waals surface area (Å²) in [5.74, 6) is -2.59. The summed E-state index contributed by atoms with van der Waals surface area (Å²) in [4.78, 5) is 37.4. The fraction of sp³-hybridized carbons (Fsp3) is 0.391. The van der Waals surface area contributed by atoms with Crippen LogP contribution in [0.5, 0.6) is 11.5 Å². The van der Waals surface area contributed by atoms with E-state index in [2.05, 4.69) is 38.3 Å². The van der Waals surface area contributed by atoms with Crippen LogP contribution in [0.1, 0.15) is 72.4 Å². The summed E-state index contributed by atoms with van der Waals surface area (Å²) in [6, 6.07) is 4.76. The average Bonchev–Trinajstić information content (AvgIpc) is 2.64. The Balaban J connectivity index is 1.86. The summed E-state index contributed by atoms with van der Waals surface area (Å²) in [7, 11) is 0. The zero-order valence-corrected chi connectivity index (χ0v) is 18.3. The number of nitrogens with one attached hydrogen (secondary N) is 2. The molecule has 0 atom stereocenters. The monoisotopic (exact) mass is 439 g/mol. The number of carbonyl (C=O) groups is 2. The highest BCUT2D eigenvalue weighted by Crippen LogP contribution is 2.43. The Hall–Kier alpha value is -3.46. The van der Waals surface area contributed by atoms with Gasteiger partial charge in [-0.1, -0.05) is 0 Å². The minimum Gasteiger partial charge on any atom is -0.507 e. The van der Waals surface area contributed by atoms with Crippen molar-refractivity contribution < 1.29 is 24.7 Å². The Morgan fingerprint density at radius 1 is 0.906 bits per heavy atom. The van der Waals surface area contributed by atoms with Crippen molar-refractivity contribution in [2.24, 2.45) is 0 Å². The van der Waals surface area contributed by atoms with Gasteiger partial charge in [0.15, 0.2) is 0 Å². The fourth-order valence-electron chi connectivity index (χ4n) is 5.26. The lowest BCUT2D eigenvalue weighted by molar-refractivity contribution is -0.385. The molecule has 2 aromatic rings. The summed E-state index contributed by atoms with van der Waals surface area (Å²) in [6.07, 6.45) is 1.46. The third-order valence-corrected chi connectivity index (χ3v) is 6.00. The maximum absolute atomic E-state index is 13.5. The van der Waals surface area contributed by atoms with E-state index in [0.717, 1.165) is 25.0 Å². The van der Waals surface area contributed by atoms with E-state index < -0.39 is 44.8 Å². The van der Waals surface area contributed by atoms with Gasteiger partial charge in [0.1, 0.15) is 17.1 Å². The first kappa shape index (κ1) is 21.8. The molecule has 1 saturated heterocycles. The number of carbonyl (C=O) groups excluding carboxylic acids is 2. The van der Waals surface area contributed by atoms with Gasteiger partial charge in [-0.15, -0.1) is 0 Å². The zero-order chi connectivity index (χ0) is 23.6. The minimum absolute atomic E-state index is 0.0571. The Labute approximate surface area is 184 Å². The molecule has 32 heavy (non-hydrogen) atoms. The number of aromatic hydroxyl groups is 2. The number of nitrogens with zero attached hydrogens (tertiary/aromatic N) is 1. The number of phenols is 2. The summed E-state index contributed by atoms with van der Waals surface area (Å²) in [6.45, 7) is 8.30. The maximum atomic E-state index is 13.5. The molecule has 1 fully saturated rings. The van der Waals surface area contributed by atoms with Gasteiger partial charge in [-0.3, -0.25) is 19.7 Å². The van der Waals surface area contributed by atoms with Crippen molar-refractivity contribution in [3.8, 4) is 11.5 Å². The maximum Gasteiger partial charge on any atom is 0.281 e. The van der Waals surface area contributed by atoms with Gasteiger partial charge in [0.2, 0.25) is 11.6 Å². The largest absolute Gasteiger partial charge is 0.507 e. The Morgan fingerprint density at radius 3 is 1.97 bits per heavy atom. The van der Waals surface area contributed by atoms with Gasteiger partial charge in [0.25, 0.3) is 5.69 Å². The topological polar surface area (TPSA) is 142 Å². The third-order valence-electron chi connectivity index (χ3n) is 6.00. The normalized spacial score (nSPS) is 19.2. The van der Waals surface area contributed by atoms with Gasteiger partial charge in [0.05, 0.1) is 21.6 Å². The fourth-order valence-corrected chi connectivity index (χ4v) is 5.26. The molecule has 2 aromatic carbocycles. The summed E-state index contributed by atoms with van der Waals surface area (Å²) in [5.41, 5.74) is -1.94. The number of phenolic OH excluding ortho intramolecular Hbond substituents is 2. The molecule has 0 unspecified atom stereocenters. The van der Waals surface area contributed by atoms with Crippen molar-refractivity contribution in [3.05, 3.63) is 56.6 Å². The third kappa shape index (κ3) is 3.48. The van der Waals surface area contributed by atoms with Gasteiger partial charge < -0.3 is 20.8 Å². The Kier molecular flexibility index (Phi) is 4.78. The number of benzene rings is 2. The highest BCUT2D eigenvalue weighted by atomic mass is 16.6. The number of piperidine rings is 1. The predicted octanol–water partition coefficient (Wildman–Crippen LogP) is 3.50. The molecule has 0 bridgehead atoms. The molecule has 1 heterocycles. The van der Waals surface area contributed by atoms with Gasteiger partial charge in [0, 0.05) is 28.9 Å². The number of nitro benzene ring substituents is 1. The molecule has 9 heteroatoms. The number of anilines is 1. The number of nitro groups is 1. The van der Waals surface area contributed by atoms with E-state index in [9.17, 15) is 29.9 Å². The molecule has 0 amide bonds. The first-order valence-corrected chi connectivity index (χ1v) is 10.3. The van der Waals surface area contributed by atoms with Crippen molar-refractivity contribution in [2.45, 2.75) is 57.7 Å². The second-order valence-electron chi connectivity index (χ2n) is 9.79. The molecular formula is C23H25N3O6. The molecule has 1 aliphatic heterocycles. The van der Waals surface area contributed by atoms with Crippen LogP contribution in [0.25, 0.3) is 0 Å². The number of fused-ring (bicyclic) bond motifs is 2. The van der Waals surface area contributed by atoms with E-state index >= 15 is 0 Å². The van der Waals surface area contributed by atoms with Crippen LogP contribution in [0, 0.1) is 10.1 Å². The van der Waals surface area contributed by atoms with Crippen molar-refractivity contribution in [1.82, 2.24) is 5.32 Å². The molecule has 168 valence electrons. The van der Waals surface area contributed by atoms with E-state index in [1.165, 1.54) is 12.1 Å². The van der Waals surface area contributed by atoms with Crippen molar-refractivity contribution in [3.63, 3.8) is 0 Å². The van der Waals surface area contributed by atoms with E-state index in [1.54, 1.807) is 0 Å². The van der Waals surface area contributed by atoms with Crippen LogP contribution in [0.3, 0.4) is 0 Å². The molecule has 4 rings (SSSR count). The highest BCUT2D eigenvalue weighted by molar-refractivity contribution is 6.33. The predicted molar refractivity (Wildman–Crippen MR) is 118 cm³/mol. The number of hydrogen-bond donors (Lipinski definition) is 4. The van der Waals surface area contributed by atoms with Crippen molar-refractivity contribution in [2.75, 3.05) is 5.32 Å². The van der Waals surface area contributed by atoms with Crippen LogP contribution in [0.4, 0.5) is 11.4 Å². The van der Waals surface area contributed by atoms with Gasteiger partial charge in [-0.05, 0) is 58.7 Å². The first-order chi connectivity index (χ1) is 14.8. The van der Waals surface area contributed by atoms with Gasteiger partial charge in [-0.2, -0.15) is 0 Å². The molecular weight excluding hydrogens is 414 g/mol. The smallest absolute Gasteiger partial charge is 0.281 e. The summed E-state index contributed by atoms with van der Waals surface area (Å²) in [5, 5.41) is 39.1. The van der Waals surface area contributed by atoms with Crippen LogP contribution < -0.4 is 10.6 Å². The first-order valence-electron chi connectivity index (χ1n) is 10.3. The van der Waals surface area contributed by atoms with Crippen LogP contribution in [0.2, 0.25) is 0 Å². The molecule has 0 aromatic heterocycles. The quantitative estimate of drug-likeness (QED) is 0.276. The van der Waals surface area contributed by atoms with Crippen LogP contribution in [-0.2, 0) is 0 Å². The number of hydrogen-bond acceptors (Lipinski definition) is 8. The second kappa shape index (κ2) is 7.03. The SMILES string of the molecule is CC1(C)CC(Nc2ccc(O)c3c2C(=O)c2c([N+](=O)[O-])ccc(O)c2C3=O)CC(C)(C)N1. The molecule has 4 N–H and O–H groups in total. The second-order valence-corrected chi connectivity index (χ2v) is 9.79. The van der Waals surface area contributed by atoms with E-state index in [0.29, 0.717) is 5.69 Å². The molecule has 9 nitrogen and oxygen atoms in total. The molecule has 0 saturated carbocycles. The lowest BCUT2D eigenvalue weighted by Gasteiger charge is -2.47. The van der Waals surface area contributed by atoms with Crippen molar-refractivity contribution in [1.29, 1.82) is 0 Å². The van der Waals surface area contributed by atoms with Crippen LogP contribution in [0.15, 0.2) is 24.3 Å². The number of rotatable bonds is 3. The van der Waals surface area contributed by atoms with Gasteiger partial charge >= 0.3 is 0 Å². The number of ketones is 2. The zero-order valence-electron chi connectivity index (χ0n) is 18.3. The summed E-state index contributed by atoms with van der Waals surface area (Å²) >= 11 is 0. The van der Waals surface area contributed by atoms with Crippen LogP contribution >= 0.6 is 0 Å². The molecule has 2 aliphatic rings. The molecule has 1 aliphatic carbocycles. The lowest BCUT2D eigenvalue weighted by Crippen LogP contribution is -2.60. The van der Waals surface area contributed by atoms with E-state index in [4.69, 9.17) is 0 Å². The van der Waals surface area contributed by atoms with Crippen LogP contribution in [-0.4, -0.2) is 43.8 Å². The summed E-state index contributed by atoms with van der Waals surface area (Å²) < 4.78 is 0. The lowest BCUT2D eigenvalue weighted by atomic mass is 9.78. The van der Waals surface area contributed by atoms with E-state index in [-0.39, 0.29) is 28.2 Å². The standard InChI is InChI=1S/C23H25N3O6/c1-22(2)9-11(10-23(3,4)25-22)24-12-5-7-14(27)18-16(12)20(29)17-13(26(31)32)6-8-15(28)19(17)21(18)30/h5-8,11,24-25,27-28H,9-10H2,1-4H3. The molecule has 0 radical (unpaired) electrons. The van der Waals surface area contributed by atoms with E-state index in [1.807, 2.05) is 0 Å². The average molecular weight is 439 g/mol. The van der Waals surface area contributed by atoms with Crippen molar-refractivity contribution >= 4 is 22.9 Å². The van der Waals surface area contributed by atoms with Gasteiger partial charge in [-0.25, -0.2) is 0 Å². The highest BCUT2D eigenvalue weighted by Gasteiger charge is 2.42. The Bertz CT molecular complexity index is 1170. The molecule has 0 spiro atoms. The minimum atomic E-state index is -0.831. The Morgan fingerprint density at radius 2 is 1.41 bits per heavy atom.